The van der Waals surface area contributed by atoms with Gasteiger partial charge < -0.3 is 65.0 Å². The molecule has 2 fully saturated rings. The summed E-state index contributed by atoms with van der Waals surface area (Å²) in [6.07, 6.45) is 11.0. The van der Waals surface area contributed by atoms with Crippen molar-refractivity contribution in [1.82, 2.24) is 0 Å². The second-order valence-electron chi connectivity index (χ2n) is 18.7. The van der Waals surface area contributed by atoms with Gasteiger partial charge >= 0.3 is 19.8 Å². The van der Waals surface area contributed by atoms with Gasteiger partial charge in [-0.2, -0.15) is 0 Å². The molecule has 0 radical (unpaired) electrons. The van der Waals surface area contributed by atoms with Crippen LogP contribution in [-0.4, -0.2) is 148 Å². The zero-order valence-electron chi connectivity index (χ0n) is 41.1. The fraction of sp³-hybridized carbons (Fsp3) is 0.958. The highest BCUT2D eigenvalue weighted by Crippen LogP contribution is 2.48. The van der Waals surface area contributed by atoms with Crippen LogP contribution in [0.25, 0.3) is 0 Å². The lowest BCUT2D eigenvalue weighted by Crippen LogP contribution is -2.68. The number of phosphoric ester groups is 1. The van der Waals surface area contributed by atoms with Gasteiger partial charge in [0, 0.05) is 20.0 Å². The summed E-state index contributed by atoms with van der Waals surface area (Å²) in [6.45, 7) is 2.43. The van der Waals surface area contributed by atoms with E-state index in [0.717, 1.165) is 58.5 Å². The van der Waals surface area contributed by atoms with E-state index in [4.69, 9.17) is 38.5 Å². The first-order valence-electron chi connectivity index (χ1n) is 25.8. The van der Waals surface area contributed by atoms with Gasteiger partial charge in [-0.25, -0.2) is 4.57 Å². The van der Waals surface area contributed by atoms with E-state index >= 15 is 0 Å². The van der Waals surface area contributed by atoms with Crippen molar-refractivity contribution in [3.8, 4) is 0 Å². The molecule has 1 saturated heterocycles. The van der Waals surface area contributed by atoms with Crippen LogP contribution in [0.2, 0.25) is 0 Å². The van der Waals surface area contributed by atoms with Crippen LogP contribution in [0.4, 0.5) is 0 Å². The number of nitrogens with two attached hydrogens (primary N) is 1. The van der Waals surface area contributed by atoms with Gasteiger partial charge in [0.15, 0.2) is 12.4 Å². The first-order chi connectivity index (χ1) is 32.2. The summed E-state index contributed by atoms with van der Waals surface area (Å²) in [5, 5.41) is 62.8. The molecular weight excluding hydrogens is 893 g/mol. The number of aliphatic hydroxyl groups is 6. The Labute approximate surface area is 400 Å². The summed E-state index contributed by atoms with van der Waals surface area (Å²) in [6, 6.07) is -1.48. The third-order valence-corrected chi connectivity index (χ3v) is 13.9. The molecule has 1 heterocycles. The van der Waals surface area contributed by atoms with E-state index in [1.54, 1.807) is 0 Å². The lowest BCUT2D eigenvalue weighted by atomic mass is 9.84. The van der Waals surface area contributed by atoms with Crippen LogP contribution in [0.15, 0.2) is 0 Å². The quantitative estimate of drug-likeness (QED) is 0.0194. The van der Waals surface area contributed by atoms with E-state index in [-0.39, 0.29) is 12.8 Å². The van der Waals surface area contributed by atoms with Crippen molar-refractivity contribution >= 4 is 19.8 Å². The molecule has 0 aromatic rings. The molecule has 13 atom stereocenters. The average molecular weight is 986 g/mol. The zero-order valence-corrected chi connectivity index (χ0v) is 42.0. The van der Waals surface area contributed by atoms with Crippen molar-refractivity contribution in [2.75, 3.05) is 26.9 Å². The molecule has 2 rings (SSSR count). The van der Waals surface area contributed by atoms with Gasteiger partial charge in [-0.15, -0.1) is 0 Å². The Hall–Kier alpha value is -1.35. The fourth-order valence-corrected chi connectivity index (χ4v) is 9.62. The van der Waals surface area contributed by atoms with Crippen LogP contribution in [-0.2, 0) is 46.9 Å². The first-order valence-corrected chi connectivity index (χ1v) is 27.3. The number of carbonyl (C=O) groups excluding carboxylic acids is 2. The van der Waals surface area contributed by atoms with Crippen LogP contribution >= 0.6 is 7.82 Å². The van der Waals surface area contributed by atoms with E-state index in [2.05, 4.69) is 13.8 Å². The van der Waals surface area contributed by atoms with E-state index < -0.39 is 113 Å². The van der Waals surface area contributed by atoms with Gasteiger partial charge in [0.25, 0.3) is 0 Å². The van der Waals surface area contributed by atoms with Gasteiger partial charge in [0.2, 0.25) is 0 Å². The second kappa shape index (κ2) is 36.6. The first kappa shape index (κ1) is 61.8. The minimum atomic E-state index is -5.27. The van der Waals surface area contributed by atoms with Crippen molar-refractivity contribution in [2.24, 2.45) is 5.73 Å². The third kappa shape index (κ3) is 25.0. The number of hydrogen-bond acceptors (Lipinski definition) is 17. The summed E-state index contributed by atoms with van der Waals surface area (Å²) < 4.78 is 51.9. The standard InChI is InChI=1S/C48H92NO17P/c1-4-6-8-10-12-14-16-18-20-22-24-26-28-30-37(51)61-33-35(63-38(52)31-29-27-25-23-21-19-17-15-13-11-9-7-5-2)34-62-67(58,59)66-47-45(60-3)43(56)42(55)44(57)46(47)65-48-39(49)41(54)40(53)36(32-50)64-48/h35-36,39-48,50,53-57H,4-34,49H2,1-3H3,(H,58,59)/t35-,36-,39-,40-,41-,42-,43-,44+,45-,46-,47-,48-/m1/s1. The molecule has 0 aromatic carbocycles. The fourth-order valence-electron chi connectivity index (χ4n) is 8.65. The van der Waals surface area contributed by atoms with Crippen molar-refractivity contribution in [3.63, 3.8) is 0 Å². The predicted molar refractivity (Wildman–Crippen MR) is 252 cm³/mol. The average Bonchev–Trinajstić information content (AvgIpc) is 3.30. The number of ether oxygens (including phenoxy) is 5. The number of unbranched alkanes of at least 4 members (excludes halogenated alkanes) is 24. The van der Waals surface area contributed by atoms with Crippen LogP contribution in [0.5, 0.6) is 0 Å². The number of esters is 2. The molecule has 0 amide bonds. The normalized spacial score (nSPS) is 28.0. The summed E-state index contributed by atoms with van der Waals surface area (Å²) in [7, 11) is -4.17. The molecule has 1 aliphatic heterocycles. The molecule has 0 aromatic heterocycles. The van der Waals surface area contributed by atoms with Crippen molar-refractivity contribution < 1.29 is 82.4 Å². The third-order valence-electron chi connectivity index (χ3n) is 12.9. The molecule has 396 valence electrons. The lowest BCUT2D eigenvalue weighted by Gasteiger charge is -2.48. The minimum Gasteiger partial charge on any atom is -0.462 e. The molecule has 1 aliphatic carbocycles. The van der Waals surface area contributed by atoms with Crippen LogP contribution < -0.4 is 5.73 Å². The van der Waals surface area contributed by atoms with Gasteiger partial charge in [0.1, 0.15) is 61.5 Å². The SMILES string of the molecule is CCCCCCCCCCCCCCCC(=O)OC[C@H](COP(=O)(O)O[C@@H]1[C@H](OC)[C@H](O)[C@@H](O)[C@H](O)[C@H]1O[C@H]1O[C@H](CO)[C@@H](O)[C@H](O)[C@H]1N)OC(=O)CCCCCCCCCCCCCCC. The van der Waals surface area contributed by atoms with Crippen LogP contribution in [0.3, 0.4) is 0 Å². The van der Waals surface area contributed by atoms with E-state index in [0.29, 0.717) is 12.8 Å². The Kier molecular flexibility index (Phi) is 33.7. The molecule has 18 nitrogen and oxygen atoms in total. The Morgan fingerprint density at radius 3 is 1.46 bits per heavy atom. The maximum absolute atomic E-state index is 13.6. The summed E-state index contributed by atoms with van der Waals surface area (Å²) in [4.78, 5) is 36.8. The van der Waals surface area contributed by atoms with E-state index in [1.807, 2.05) is 0 Å². The Morgan fingerprint density at radius 1 is 0.582 bits per heavy atom. The molecule has 67 heavy (non-hydrogen) atoms. The van der Waals surface area contributed by atoms with Gasteiger partial charge in [-0.05, 0) is 12.8 Å². The van der Waals surface area contributed by atoms with E-state index in [9.17, 15) is 49.7 Å². The maximum atomic E-state index is 13.6. The number of carbonyl (C=O) groups is 2. The molecule has 1 saturated carbocycles. The second-order valence-corrected chi connectivity index (χ2v) is 20.1. The highest BCUT2D eigenvalue weighted by molar-refractivity contribution is 7.47. The Balaban J connectivity index is 1.98. The molecule has 0 bridgehead atoms. The van der Waals surface area contributed by atoms with Crippen molar-refractivity contribution in [3.05, 3.63) is 0 Å². The van der Waals surface area contributed by atoms with Crippen molar-refractivity contribution in [1.29, 1.82) is 0 Å². The molecule has 1 unspecified atom stereocenters. The Bertz CT molecular complexity index is 1320. The molecule has 19 heteroatoms. The number of phosphoric acid groups is 1. The smallest absolute Gasteiger partial charge is 0.462 e. The van der Waals surface area contributed by atoms with Gasteiger partial charge in [-0.3, -0.25) is 18.6 Å². The maximum Gasteiger partial charge on any atom is 0.472 e. The molecule has 2 aliphatic rings. The Morgan fingerprint density at radius 2 is 1.01 bits per heavy atom. The van der Waals surface area contributed by atoms with E-state index in [1.165, 1.54) is 103 Å². The largest absolute Gasteiger partial charge is 0.472 e. The number of aliphatic hydroxyl groups excluding tert-OH is 6. The summed E-state index contributed by atoms with van der Waals surface area (Å²) >= 11 is 0. The number of rotatable bonds is 40. The number of hydrogen-bond donors (Lipinski definition) is 8. The predicted octanol–water partition coefficient (Wildman–Crippen LogP) is 6.17. The van der Waals surface area contributed by atoms with Crippen LogP contribution in [0, 0.1) is 0 Å². The monoisotopic (exact) mass is 986 g/mol. The zero-order chi connectivity index (χ0) is 49.5. The number of methoxy groups -OCH3 is 1. The molecule has 9 N–H and O–H groups in total. The van der Waals surface area contributed by atoms with Gasteiger partial charge in [0.05, 0.1) is 19.3 Å². The topological polar surface area (TPSA) is 283 Å². The van der Waals surface area contributed by atoms with Crippen LogP contribution in [0.1, 0.15) is 194 Å². The highest BCUT2D eigenvalue weighted by Gasteiger charge is 2.56. The van der Waals surface area contributed by atoms with Crippen molar-refractivity contribution in [2.45, 2.75) is 267 Å². The van der Waals surface area contributed by atoms with Gasteiger partial charge in [-0.1, -0.05) is 168 Å². The summed E-state index contributed by atoms with van der Waals surface area (Å²) in [5.41, 5.74) is 6.02. The highest BCUT2D eigenvalue weighted by atomic mass is 31.2. The lowest BCUT2D eigenvalue weighted by molar-refractivity contribution is -0.316. The summed E-state index contributed by atoms with van der Waals surface area (Å²) in [5.74, 6) is -1.14. The molecule has 0 spiro atoms. The minimum absolute atomic E-state index is 0.0669. The molecular formula is C48H92NO17P.